The number of nitrogens with one attached hydrogen (secondary N) is 2. The topological polar surface area (TPSA) is 72.7 Å². The van der Waals surface area contributed by atoms with Crippen molar-refractivity contribution in [3.05, 3.63) is 83.2 Å². The van der Waals surface area contributed by atoms with Crippen LogP contribution in [-0.4, -0.2) is 42.6 Å². The van der Waals surface area contributed by atoms with E-state index in [4.69, 9.17) is 14.5 Å². The van der Waals surface area contributed by atoms with Crippen LogP contribution in [0.2, 0.25) is 0 Å². The largest absolute Gasteiger partial charge is 0.491 e. The van der Waals surface area contributed by atoms with Crippen LogP contribution in [0, 0.1) is 6.92 Å². The number of methoxy groups -OCH3 is 1. The molecule has 0 spiro atoms. The summed E-state index contributed by atoms with van der Waals surface area (Å²) < 4.78 is 12.9. The number of rotatable bonds is 11. The monoisotopic (exact) mass is 435 g/mol. The number of aliphatic imine (C=N–C) groups is 1. The molecule has 7 nitrogen and oxygen atoms in total. The van der Waals surface area contributed by atoms with Crippen molar-refractivity contribution < 1.29 is 9.47 Å². The molecule has 0 saturated carbocycles. The quantitative estimate of drug-likeness (QED) is 0.274. The van der Waals surface area contributed by atoms with E-state index in [1.54, 1.807) is 7.11 Å². The van der Waals surface area contributed by atoms with Crippen molar-refractivity contribution in [3.63, 3.8) is 0 Å². The summed E-state index contributed by atoms with van der Waals surface area (Å²) in [7, 11) is 1.67. The average Bonchev–Trinajstić information content (AvgIpc) is 3.24. The van der Waals surface area contributed by atoms with E-state index in [2.05, 4.69) is 59.9 Å². The molecule has 0 fully saturated rings. The smallest absolute Gasteiger partial charge is 0.191 e. The fourth-order valence-corrected chi connectivity index (χ4v) is 3.21. The second-order valence-electron chi connectivity index (χ2n) is 7.53. The summed E-state index contributed by atoms with van der Waals surface area (Å²) in [6.07, 6.45) is 3.92. The van der Waals surface area contributed by atoms with Crippen LogP contribution >= 0.6 is 0 Å². The molecule has 0 radical (unpaired) electrons. The van der Waals surface area contributed by atoms with Crippen LogP contribution < -0.4 is 15.4 Å². The average molecular weight is 436 g/mol. The maximum Gasteiger partial charge on any atom is 0.191 e. The molecule has 0 unspecified atom stereocenters. The molecule has 3 aromatic rings. The molecular weight excluding hydrogens is 402 g/mol. The number of aryl methyl sites for hydroxylation is 1. The molecule has 0 aliphatic carbocycles. The highest BCUT2D eigenvalue weighted by Crippen LogP contribution is 2.20. The third kappa shape index (κ3) is 7.42. The molecule has 1 heterocycles. The lowest BCUT2D eigenvalue weighted by atomic mass is 10.1. The maximum absolute atomic E-state index is 5.90. The molecule has 0 bridgehead atoms. The molecule has 1 aromatic heterocycles. The van der Waals surface area contributed by atoms with Gasteiger partial charge in [-0.25, -0.2) is 4.99 Å². The summed E-state index contributed by atoms with van der Waals surface area (Å²) in [4.78, 5) is 4.72. The summed E-state index contributed by atoms with van der Waals surface area (Å²) >= 11 is 0. The molecule has 2 aromatic carbocycles. The molecule has 0 atom stereocenters. The van der Waals surface area contributed by atoms with Crippen LogP contribution in [0.1, 0.15) is 29.2 Å². The van der Waals surface area contributed by atoms with Crippen LogP contribution in [0.4, 0.5) is 0 Å². The lowest BCUT2D eigenvalue weighted by Gasteiger charge is -2.15. The van der Waals surface area contributed by atoms with Crippen molar-refractivity contribution in [3.8, 4) is 5.75 Å². The molecular formula is C25H33N5O2. The van der Waals surface area contributed by atoms with Crippen LogP contribution in [0.15, 0.2) is 65.9 Å². The summed E-state index contributed by atoms with van der Waals surface area (Å²) in [6.45, 7) is 7.89. The van der Waals surface area contributed by atoms with E-state index in [-0.39, 0.29) is 0 Å². The Morgan fingerprint density at radius 1 is 1.06 bits per heavy atom. The molecule has 3 rings (SSSR count). The van der Waals surface area contributed by atoms with Crippen molar-refractivity contribution in [1.82, 2.24) is 20.4 Å². The van der Waals surface area contributed by atoms with Gasteiger partial charge in [0.15, 0.2) is 5.96 Å². The van der Waals surface area contributed by atoms with Crippen LogP contribution in [0.25, 0.3) is 0 Å². The first-order valence-corrected chi connectivity index (χ1v) is 11.0. The highest BCUT2D eigenvalue weighted by Gasteiger charge is 2.07. The van der Waals surface area contributed by atoms with E-state index in [1.165, 1.54) is 5.56 Å². The van der Waals surface area contributed by atoms with E-state index < -0.39 is 0 Å². The number of benzene rings is 2. The van der Waals surface area contributed by atoms with Crippen molar-refractivity contribution in [2.75, 3.05) is 26.9 Å². The number of hydrogen-bond acceptors (Lipinski definition) is 4. The minimum absolute atomic E-state index is 0.522. The second-order valence-corrected chi connectivity index (χ2v) is 7.53. The van der Waals surface area contributed by atoms with Gasteiger partial charge in [0.2, 0.25) is 0 Å². The first-order chi connectivity index (χ1) is 15.7. The summed E-state index contributed by atoms with van der Waals surface area (Å²) in [5.74, 6) is 1.62. The fourth-order valence-electron chi connectivity index (χ4n) is 3.21. The summed E-state index contributed by atoms with van der Waals surface area (Å²) in [5.41, 5.74) is 4.53. The second kappa shape index (κ2) is 12.5. The number of guanidine groups is 1. The third-order valence-corrected chi connectivity index (χ3v) is 4.85. The number of hydrogen-bond donors (Lipinski definition) is 2. The van der Waals surface area contributed by atoms with Gasteiger partial charge in [-0.3, -0.25) is 4.68 Å². The Morgan fingerprint density at radius 2 is 1.91 bits per heavy atom. The zero-order valence-electron chi connectivity index (χ0n) is 19.2. The van der Waals surface area contributed by atoms with E-state index in [1.807, 2.05) is 35.3 Å². The normalized spacial score (nSPS) is 11.4. The van der Waals surface area contributed by atoms with Gasteiger partial charge in [0.25, 0.3) is 0 Å². The lowest BCUT2D eigenvalue weighted by Crippen LogP contribution is -2.36. The number of nitrogens with zero attached hydrogens (tertiary/aromatic N) is 3. The number of ether oxygens (including phenoxy) is 2. The Morgan fingerprint density at radius 3 is 2.69 bits per heavy atom. The molecule has 170 valence electrons. The molecule has 0 aliphatic heterocycles. The Labute approximate surface area is 190 Å². The molecule has 0 saturated heterocycles. The highest BCUT2D eigenvalue weighted by atomic mass is 16.5. The fraction of sp³-hybridized carbons (Fsp3) is 0.360. The van der Waals surface area contributed by atoms with Gasteiger partial charge in [-0.2, -0.15) is 5.10 Å². The zero-order valence-corrected chi connectivity index (χ0v) is 19.2. The van der Waals surface area contributed by atoms with Gasteiger partial charge in [0.1, 0.15) is 12.4 Å². The van der Waals surface area contributed by atoms with Crippen LogP contribution in [0.3, 0.4) is 0 Å². The lowest BCUT2D eigenvalue weighted by molar-refractivity contribution is 0.145. The molecule has 0 aliphatic rings. The number of aromatic nitrogens is 2. The molecule has 2 N–H and O–H groups in total. The van der Waals surface area contributed by atoms with Gasteiger partial charge in [-0.05, 0) is 31.0 Å². The Hall–Kier alpha value is -3.32. The summed E-state index contributed by atoms with van der Waals surface area (Å²) in [6, 6.07) is 16.5. The summed E-state index contributed by atoms with van der Waals surface area (Å²) in [5, 5.41) is 11.2. The van der Waals surface area contributed by atoms with E-state index in [9.17, 15) is 0 Å². The van der Waals surface area contributed by atoms with Crippen LogP contribution in [-0.2, 0) is 24.4 Å². The highest BCUT2D eigenvalue weighted by molar-refractivity contribution is 5.79. The van der Waals surface area contributed by atoms with Crippen LogP contribution in [0.5, 0.6) is 5.75 Å². The van der Waals surface area contributed by atoms with E-state index >= 15 is 0 Å². The van der Waals surface area contributed by atoms with Crippen molar-refractivity contribution >= 4 is 5.96 Å². The van der Waals surface area contributed by atoms with Crippen molar-refractivity contribution in [2.45, 2.75) is 33.5 Å². The predicted molar refractivity (Wildman–Crippen MR) is 128 cm³/mol. The van der Waals surface area contributed by atoms with Gasteiger partial charge in [-0.15, -0.1) is 0 Å². The Kier molecular flexibility index (Phi) is 9.13. The standard InChI is InChI=1S/C25H33N5O2/c1-4-26-25(28-17-23-11-10-20(2)14-24(23)32-13-12-31-3)27-15-22-16-29-30(19-22)18-21-8-6-5-7-9-21/h5-11,14,16,19H,4,12-13,15,17-18H2,1-3H3,(H2,26,27,28). The molecule has 0 amide bonds. The maximum atomic E-state index is 5.90. The van der Waals surface area contributed by atoms with Gasteiger partial charge >= 0.3 is 0 Å². The van der Waals surface area contributed by atoms with E-state index in [0.717, 1.165) is 41.5 Å². The van der Waals surface area contributed by atoms with Crippen molar-refractivity contribution in [1.29, 1.82) is 0 Å². The van der Waals surface area contributed by atoms with Gasteiger partial charge in [0.05, 0.1) is 25.9 Å². The van der Waals surface area contributed by atoms with Crippen molar-refractivity contribution in [2.24, 2.45) is 4.99 Å². The molecule has 7 heteroatoms. The first-order valence-electron chi connectivity index (χ1n) is 11.0. The Balaban J connectivity index is 1.60. The van der Waals surface area contributed by atoms with E-state index in [0.29, 0.717) is 26.3 Å². The van der Waals surface area contributed by atoms with Gasteiger partial charge in [0, 0.05) is 37.5 Å². The van der Waals surface area contributed by atoms with Gasteiger partial charge < -0.3 is 20.1 Å². The zero-order chi connectivity index (χ0) is 22.6. The Bertz CT molecular complexity index is 985. The minimum atomic E-state index is 0.522. The minimum Gasteiger partial charge on any atom is -0.491 e. The SMILES string of the molecule is CCNC(=NCc1cnn(Cc2ccccc2)c1)NCc1ccc(C)cc1OCCOC. The first kappa shape index (κ1) is 23.3. The third-order valence-electron chi connectivity index (χ3n) is 4.85. The molecule has 32 heavy (non-hydrogen) atoms. The van der Waals surface area contributed by atoms with Gasteiger partial charge in [-0.1, -0.05) is 42.5 Å². The predicted octanol–water partition coefficient (Wildman–Crippen LogP) is 3.52.